The summed E-state index contributed by atoms with van der Waals surface area (Å²) in [5, 5.41) is 0. The summed E-state index contributed by atoms with van der Waals surface area (Å²) in [6.45, 7) is 9.15. The van der Waals surface area contributed by atoms with Crippen LogP contribution in [0.2, 0.25) is 25.7 Å². The van der Waals surface area contributed by atoms with E-state index in [4.69, 9.17) is 0 Å². The van der Waals surface area contributed by atoms with Crippen LogP contribution in [0, 0.1) is 0 Å². The van der Waals surface area contributed by atoms with Gasteiger partial charge in [0.25, 0.3) is 0 Å². The zero-order valence-electron chi connectivity index (χ0n) is 8.68. The van der Waals surface area contributed by atoms with Crippen LogP contribution < -0.4 is 0 Å². The Morgan fingerprint density at radius 2 is 1.92 bits per heavy atom. The lowest BCUT2D eigenvalue weighted by Crippen LogP contribution is -2.19. The Labute approximate surface area is 76.9 Å². The van der Waals surface area contributed by atoms with Crippen LogP contribution in [0.5, 0.6) is 0 Å². The molecule has 70 valence electrons. The van der Waals surface area contributed by atoms with E-state index >= 15 is 0 Å². The summed E-state index contributed by atoms with van der Waals surface area (Å²) in [4.78, 5) is 10.2. The molecule has 0 spiro atoms. The molecule has 2 heteroatoms. The van der Waals surface area contributed by atoms with Crippen LogP contribution >= 0.6 is 0 Å². The molecule has 0 heterocycles. The molecule has 0 aromatic rings. The van der Waals surface area contributed by atoms with Crippen molar-refractivity contribution in [2.24, 2.45) is 0 Å². The quantitative estimate of drug-likeness (QED) is 0.364. The lowest BCUT2D eigenvalue weighted by atomic mass is 10.2. The third-order valence-corrected chi connectivity index (χ3v) is 3.26. The predicted molar refractivity (Wildman–Crippen MR) is 57.2 cm³/mol. The molecule has 0 unspecified atom stereocenters. The van der Waals surface area contributed by atoms with Gasteiger partial charge in [-0.2, -0.15) is 0 Å². The largest absolute Gasteiger partial charge is 0.303 e. The van der Waals surface area contributed by atoms with E-state index in [1.165, 1.54) is 11.6 Å². The van der Waals surface area contributed by atoms with Gasteiger partial charge in [0.05, 0.1) is 0 Å². The number of carbonyl (C=O) groups excluding carboxylic acids is 1. The molecule has 0 rings (SSSR count). The minimum Gasteiger partial charge on any atom is -0.303 e. The van der Waals surface area contributed by atoms with Gasteiger partial charge in [0.1, 0.15) is 6.29 Å². The molecule has 0 atom stereocenters. The van der Waals surface area contributed by atoms with Crippen molar-refractivity contribution >= 4 is 14.4 Å². The van der Waals surface area contributed by atoms with Crippen molar-refractivity contribution in [3.8, 4) is 0 Å². The van der Waals surface area contributed by atoms with E-state index in [-0.39, 0.29) is 0 Å². The summed E-state index contributed by atoms with van der Waals surface area (Å²) in [6.07, 6.45) is 4.82. The van der Waals surface area contributed by atoms with Gasteiger partial charge in [0.15, 0.2) is 0 Å². The Hall–Kier alpha value is -0.373. The maximum absolute atomic E-state index is 10.2. The first-order valence-electron chi connectivity index (χ1n) is 4.57. The number of aldehydes is 1. The molecular formula is C10H20OSi. The van der Waals surface area contributed by atoms with Gasteiger partial charge in [-0.3, -0.25) is 0 Å². The highest BCUT2D eigenvalue weighted by Gasteiger charge is 2.14. The summed E-state index contributed by atoms with van der Waals surface area (Å²) in [6, 6.07) is 1.23. The van der Waals surface area contributed by atoms with Gasteiger partial charge in [-0.25, -0.2) is 0 Å². The fraction of sp³-hybridized carbons (Fsp3) is 0.700. The van der Waals surface area contributed by atoms with Gasteiger partial charge in [-0.1, -0.05) is 31.3 Å². The van der Waals surface area contributed by atoms with E-state index in [0.717, 1.165) is 12.7 Å². The summed E-state index contributed by atoms with van der Waals surface area (Å²) >= 11 is 0. The lowest BCUT2D eigenvalue weighted by Gasteiger charge is -2.17. The molecular weight excluding hydrogens is 164 g/mol. The zero-order chi connectivity index (χ0) is 9.61. The smallest absolute Gasteiger partial charge is 0.120 e. The van der Waals surface area contributed by atoms with E-state index in [1.807, 2.05) is 0 Å². The predicted octanol–water partition coefficient (Wildman–Crippen LogP) is 3.25. The Morgan fingerprint density at radius 3 is 2.25 bits per heavy atom. The second-order valence-corrected chi connectivity index (χ2v) is 9.86. The molecule has 0 radical (unpaired) electrons. The van der Waals surface area contributed by atoms with Gasteiger partial charge in [-0.05, 0) is 19.4 Å². The number of hydrogen-bond donors (Lipinski definition) is 0. The molecule has 0 saturated carbocycles. The molecule has 0 aromatic carbocycles. The van der Waals surface area contributed by atoms with Crippen molar-refractivity contribution in [1.82, 2.24) is 0 Å². The number of rotatable bonds is 5. The van der Waals surface area contributed by atoms with Gasteiger partial charge in [0.2, 0.25) is 0 Å². The summed E-state index contributed by atoms with van der Waals surface area (Å²) in [5.41, 5.74) is 1.46. The fourth-order valence-corrected chi connectivity index (χ4v) is 3.00. The third kappa shape index (κ3) is 6.34. The Balaban J connectivity index is 3.93. The Bertz CT molecular complexity index is 165. The van der Waals surface area contributed by atoms with Crippen molar-refractivity contribution < 1.29 is 4.79 Å². The minimum absolute atomic E-state index is 0.685. The summed E-state index contributed by atoms with van der Waals surface area (Å²) in [5.74, 6) is 0. The zero-order valence-corrected chi connectivity index (χ0v) is 9.68. The molecule has 0 N–H and O–H groups in total. The maximum Gasteiger partial charge on any atom is 0.120 e. The summed E-state index contributed by atoms with van der Waals surface area (Å²) in [7, 11) is -0.975. The number of allylic oxidation sites excluding steroid dienone is 2. The van der Waals surface area contributed by atoms with Crippen molar-refractivity contribution in [3.63, 3.8) is 0 Å². The van der Waals surface area contributed by atoms with Crippen LogP contribution in [0.4, 0.5) is 0 Å². The van der Waals surface area contributed by atoms with Crippen LogP contribution in [0.25, 0.3) is 0 Å². The van der Waals surface area contributed by atoms with Gasteiger partial charge < -0.3 is 4.79 Å². The molecule has 0 fully saturated rings. The molecule has 0 bridgehead atoms. The molecule has 0 saturated heterocycles. The molecule has 0 aliphatic heterocycles. The van der Waals surface area contributed by atoms with Crippen LogP contribution in [0.15, 0.2) is 11.6 Å². The SMILES string of the molecule is C/C=C(\CCC=O)C[Si](C)(C)C. The standard InChI is InChI=1S/C10H20OSi/c1-5-10(7-6-8-11)9-12(2,3)4/h5,8H,6-7,9H2,1-4H3/b10-5+. The first kappa shape index (κ1) is 11.6. The van der Waals surface area contributed by atoms with Crippen molar-refractivity contribution in [2.75, 3.05) is 0 Å². The van der Waals surface area contributed by atoms with E-state index in [2.05, 4.69) is 32.6 Å². The molecule has 0 aliphatic rings. The van der Waals surface area contributed by atoms with E-state index in [1.54, 1.807) is 0 Å². The van der Waals surface area contributed by atoms with Gasteiger partial charge in [-0.15, -0.1) is 0 Å². The second kappa shape index (κ2) is 5.30. The normalized spacial score (nSPS) is 13.2. The van der Waals surface area contributed by atoms with Gasteiger partial charge >= 0.3 is 0 Å². The number of carbonyl (C=O) groups is 1. The third-order valence-electron chi connectivity index (χ3n) is 1.75. The highest BCUT2D eigenvalue weighted by Crippen LogP contribution is 2.19. The average molecular weight is 184 g/mol. The van der Waals surface area contributed by atoms with Crippen LogP contribution in [0.1, 0.15) is 19.8 Å². The Kier molecular flexibility index (Phi) is 5.14. The van der Waals surface area contributed by atoms with Crippen molar-refractivity contribution in [1.29, 1.82) is 0 Å². The first-order chi connectivity index (χ1) is 5.49. The maximum atomic E-state index is 10.2. The number of hydrogen-bond acceptors (Lipinski definition) is 1. The van der Waals surface area contributed by atoms with E-state index < -0.39 is 8.07 Å². The van der Waals surface area contributed by atoms with Crippen molar-refractivity contribution in [3.05, 3.63) is 11.6 Å². The molecule has 12 heavy (non-hydrogen) atoms. The van der Waals surface area contributed by atoms with Gasteiger partial charge in [0, 0.05) is 14.5 Å². The lowest BCUT2D eigenvalue weighted by molar-refractivity contribution is -0.107. The monoisotopic (exact) mass is 184 g/mol. The first-order valence-corrected chi connectivity index (χ1v) is 8.28. The molecule has 0 aliphatic carbocycles. The minimum atomic E-state index is -0.975. The van der Waals surface area contributed by atoms with E-state index in [0.29, 0.717) is 6.42 Å². The van der Waals surface area contributed by atoms with Crippen LogP contribution in [-0.4, -0.2) is 14.4 Å². The van der Waals surface area contributed by atoms with Crippen molar-refractivity contribution in [2.45, 2.75) is 45.5 Å². The highest BCUT2D eigenvalue weighted by molar-refractivity contribution is 6.76. The second-order valence-electron chi connectivity index (χ2n) is 4.39. The van der Waals surface area contributed by atoms with Crippen LogP contribution in [-0.2, 0) is 4.79 Å². The van der Waals surface area contributed by atoms with E-state index in [9.17, 15) is 4.79 Å². The average Bonchev–Trinajstić information content (AvgIpc) is 1.95. The molecule has 0 aromatic heterocycles. The Morgan fingerprint density at radius 1 is 1.33 bits per heavy atom. The molecule has 1 nitrogen and oxygen atoms in total. The fourth-order valence-electron chi connectivity index (χ4n) is 1.26. The summed E-state index contributed by atoms with van der Waals surface area (Å²) < 4.78 is 0. The highest BCUT2D eigenvalue weighted by atomic mass is 28.3. The topological polar surface area (TPSA) is 17.1 Å². The van der Waals surface area contributed by atoms with Crippen LogP contribution in [0.3, 0.4) is 0 Å². The molecule has 0 amide bonds.